The van der Waals surface area contributed by atoms with E-state index in [0.717, 1.165) is 12.1 Å². The lowest BCUT2D eigenvalue weighted by Crippen LogP contribution is -2.40. The van der Waals surface area contributed by atoms with Gasteiger partial charge in [-0.05, 0) is 31.5 Å². The summed E-state index contributed by atoms with van der Waals surface area (Å²) in [6, 6.07) is 3.29. The van der Waals surface area contributed by atoms with Crippen LogP contribution in [0.4, 0.5) is 10.1 Å². The molecule has 1 unspecified atom stereocenters. The quantitative estimate of drug-likeness (QED) is 0.780. The number of ether oxygens (including phenoxy) is 1. The Bertz CT molecular complexity index is 549. The number of hydrogen-bond acceptors (Lipinski definition) is 4. The predicted octanol–water partition coefficient (Wildman–Crippen LogP) is 1.84. The summed E-state index contributed by atoms with van der Waals surface area (Å²) in [6.45, 7) is 4.06. The smallest absolute Gasteiger partial charge is 0.246 e. The first-order valence-electron chi connectivity index (χ1n) is 6.40. The fourth-order valence-corrected chi connectivity index (χ4v) is 3.60. The van der Waals surface area contributed by atoms with E-state index in [1.54, 1.807) is 6.92 Å². The Morgan fingerprint density at radius 1 is 1.45 bits per heavy atom. The van der Waals surface area contributed by atoms with Crippen LogP contribution in [0.3, 0.4) is 0 Å². The van der Waals surface area contributed by atoms with E-state index in [2.05, 4.69) is 0 Å². The van der Waals surface area contributed by atoms with Gasteiger partial charge in [-0.2, -0.15) is 4.31 Å². The molecule has 1 rings (SSSR count). The molecule has 5 nitrogen and oxygen atoms in total. The minimum atomic E-state index is -3.94. The zero-order valence-corrected chi connectivity index (χ0v) is 12.8. The highest BCUT2D eigenvalue weighted by Gasteiger charge is 2.30. The van der Waals surface area contributed by atoms with Crippen LogP contribution in [0.2, 0.25) is 0 Å². The van der Waals surface area contributed by atoms with E-state index < -0.39 is 20.7 Å². The summed E-state index contributed by atoms with van der Waals surface area (Å²) in [5.74, 6) is -0.801. The molecule has 0 radical (unpaired) electrons. The van der Waals surface area contributed by atoms with Gasteiger partial charge in [0.05, 0.1) is 6.61 Å². The van der Waals surface area contributed by atoms with Crippen molar-refractivity contribution in [1.29, 1.82) is 0 Å². The van der Waals surface area contributed by atoms with Crippen molar-refractivity contribution in [3.8, 4) is 0 Å². The first-order chi connectivity index (χ1) is 9.34. The minimum Gasteiger partial charge on any atom is -0.399 e. The molecule has 0 saturated heterocycles. The van der Waals surface area contributed by atoms with Crippen LogP contribution in [0, 0.1) is 5.82 Å². The Balaban J connectivity index is 3.24. The third kappa shape index (κ3) is 3.68. The molecule has 0 amide bonds. The summed E-state index contributed by atoms with van der Waals surface area (Å²) in [5, 5.41) is 0. The first-order valence-corrected chi connectivity index (χ1v) is 7.84. The Labute approximate surface area is 119 Å². The van der Waals surface area contributed by atoms with Gasteiger partial charge < -0.3 is 10.5 Å². The molecule has 0 aliphatic heterocycles. The highest BCUT2D eigenvalue weighted by Crippen LogP contribution is 2.24. The van der Waals surface area contributed by atoms with Gasteiger partial charge in [0.1, 0.15) is 10.7 Å². The van der Waals surface area contributed by atoms with Gasteiger partial charge in [-0.25, -0.2) is 12.8 Å². The maximum absolute atomic E-state index is 13.8. The lowest BCUT2D eigenvalue weighted by molar-refractivity contribution is 0.167. The van der Waals surface area contributed by atoms with Crippen LogP contribution >= 0.6 is 0 Å². The Hall–Kier alpha value is -1.18. The average Bonchev–Trinajstić information content (AvgIpc) is 2.41. The summed E-state index contributed by atoms with van der Waals surface area (Å²) >= 11 is 0. The predicted molar refractivity (Wildman–Crippen MR) is 76.3 cm³/mol. The fraction of sp³-hybridized carbons (Fsp3) is 0.538. The molecule has 114 valence electrons. The Kier molecular flexibility index (Phi) is 5.91. The molecule has 0 aliphatic carbocycles. The number of sulfonamides is 1. The number of nitrogens with zero attached hydrogens (tertiary/aromatic N) is 1. The molecular formula is C13H21FN2O3S. The van der Waals surface area contributed by atoms with Crippen molar-refractivity contribution in [1.82, 2.24) is 4.31 Å². The van der Waals surface area contributed by atoms with Crippen LogP contribution in [0.15, 0.2) is 23.1 Å². The van der Waals surface area contributed by atoms with Gasteiger partial charge in [0.2, 0.25) is 10.0 Å². The molecule has 0 heterocycles. The van der Waals surface area contributed by atoms with Crippen molar-refractivity contribution in [2.75, 3.05) is 26.0 Å². The van der Waals surface area contributed by atoms with Crippen LogP contribution < -0.4 is 5.73 Å². The minimum absolute atomic E-state index is 0.169. The molecule has 20 heavy (non-hydrogen) atoms. The second-order valence-electron chi connectivity index (χ2n) is 4.56. The van der Waals surface area contributed by atoms with E-state index in [4.69, 9.17) is 10.5 Å². The van der Waals surface area contributed by atoms with Crippen molar-refractivity contribution < 1.29 is 17.5 Å². The molecule has 0 aromatic heterocycles. The van der Waals surface area contributed by atoms with Gasteiger partial charge in [-0.15, -0.1) is 0 Å². The van der Waals surface area contributed by atoms with E-state index in [-0.39, 0.29) is 24.9 Å². The van der Waals surface area contributed by atoms with E-state index >= 15 is 0 Å². The normalized spacial score (nSPS) is 13.7. The molecule has 7 heteroatoms. The van der Waals surface area contributed by atoms with Gasteiger partial charge in [-0.3, -0.25) is 0 Å². The first kappa shape index (κ1) is 16.9. The lowest BCUT2D eigenvalue weighted by atomic mass is 10.3. The maximum Gasteiger partial charge on any atom is 0.246 e. The van der Waals surface area contributed by atoms with Crippen LogP contribution in [0.1, 0.15) is 20.3 Å². The van der Waals surface area contributed by atoms with E-state index in [1.165, 1.54) is 17.5 Å². The molecule has 1 aromatic carbocycles. The largest absolute Gasteiger partial charge is 0.399 e. The van der Waals surface area contributed by atoms with E-state index in [0.29, 0.717) is 6.42 Å². The van der Waals surface area contributed by atoms with Gasteiger partial charge >= 0.3 is 0 Å². The summed E-state index contributed by atoms with van der Waals surface area (Å²) in [4.78, 5) is -0.395. The number of nitrogens with two attached hydrogens (primary N) is 1. The zero-order chi connectivity index (χ0) is 15.3. The molecule has 0 fully saturated rings. The van der Waals surface area contributed by atoms with Gasteiger partial charge in [-0.1, -0.05) is 6.92 Å². The van der Waals surface area contributed by atoms with Crippen LogP contribution in [-0.4, -0.2) is 39.0 Å². The lowest BCUT2D eigenvalue weighted by Gasteiger charge is -2.27. The second kappa shape index (κ2) is 7.01. The van der Waals surface area contributed by atoms with E-state index in [1.807, 2.05) is 6.92 Å². The number of methoxy groups -OCH3 is 1. The standard InChI is InChI=1S/C13H21FN2O3S/c1-4-10(2)16(7-8-19-3)20(17,18)13-9-11(15)5-6-12(13)14/h5-6,9-10H,4,7-8,15H2,1-3H3. The Morgan fingerprint density at radius 2 is 2.10 bits per heavy atom. The number of rotatable bonds is 7. The van der Waals surface area contributed by atoms with E-state index in [9.17, 15) is 12.8 Å². The average molecular weight is 304 g/mol. The summed E-state index contributed by atoms with van der Waals surface area (Å²) < 4.78 is 45.2. The van der Waals surface area contributed by atoms with Crippen molar-refractivity contribution in [2.24, 2.45) is 0 Å². The number of halogens is 1. The SMILES string of the molecule is CCC(C)N(CCOC)S(=O)(=O)c1cc(N)ccc1F. The molecule has 0 aliphatic rings. The molecule has 0 spiro atoms. The summed E-state index contributed by atoms with van der Waals surface area (Å²) in [7, 11) is -2.45. The second-order valence-corrected chi connectivity index (χ2v) is 6.41. The van der Waals surface area contributed by atoms with Crippen LogP contribution in [-0.2, 0) is 14.8 Å². The highest BCUT2D eigenvalue weighted by atomic mass is 32.2. The van der Waals surface area contributed by atoms with Crippen molar-refractivity contribution in [2.45, 2.75) is 31.2 Å². The maximum atomic E-state index is 13.8. The van der Waals surface area contributed by atoms with Crippen LogP contribution in [0.25, 0.3) is 0 Å². The van der Waals surface area contributed by atoms with Crippen molar-refractivity contribution in [3.63, 3.8) is 0 Å². The molecule has 1 atom stereocenters. The number of benzene rings is 1. The topological polar surface area (TPSA) is 72.6 Å². The molecule has 0 bridgehead atoms. The number of anilines is 1. The van der Waals surface area contributed by atoms with Crippen LogP contribution in [0.5, 0.6) is 0 Å². The van der Waals surface area contributed by atoms with Crippen molar-refractivity contribution >= 4 is 15.7 Å². The Morgan fingerprint density at radius 3 is 2.65 bits per heavy atom. The van der Waals surface area contributed by atoms with Gasteiger partial charge in [0.25, 0.3) is 0 Å². The molecule has 2 N–H and O–H groups in total. The van der Waals surface area contributed by atoms with Gasteiger partial charge in [0, 0.05) is 25.4 Å². The van der Waals surface area contributed by atoms with Crippen molar-refractivity contribution in [3.05, 3.63) is 24.0 Å². The fourth-order valence-electron chi connectivity index (χ4n) is 1.81. The third-order valence-electron chi connectivity index (χ3n) is 3.14. The monoisotopic (exact) mass is 304 g/mol. The summed E-state index contributed by atoms with van der Waals surface area (Å²) in [5.41, 5.74) is 5.77. The highest BCUT2D eigenvalue weighted by molar-refractivity contribution is 7.89. The summed E-state index contributed by atoms with van der Waals surface area (Å²) in [6.07, 6.45) is 0.618. The van der Waals surface area contributed by atoms with Gasteiger partial charge in [0.15, 0.2) is 0 Å². The molecular weight excluding hydrogens is 283 g/mol. The number of nitrogen functional groups attached to an aromatic ring is 1. The molecule has 0 saturated carbocycles. The number of hydrogen-bond donors (Lipinski definition) is 1. The zero-order valence-electron chi connectivity index (χ0n) is 12.0. The molecule has 1 aromatic rings. The third-order valence-corrected chi connectivity index (χ3v) is 5.17.